The Hall–Kier alpha value is -1.99. The lowest BCUT2D eigenvalue weighted by Crippen LogP contribution is -2.09. The van der Waals surface area contributed by atoms with Crippen LogP contribution in [0.25, 0.3) is 0 Å². The predicted octanol–water partition coefficient (Wildman–Crippen LogP) is 4.81. The molecule has 0 fully saturated rings. The van der Waals surface area contributed by atoms with E-state index in [0.717, 1.165) is 27.0 Å². The number of benzene rings is 2. The Bertz CT molecular complexity index is 692. The van der Waals surface area contributed by atoms with Crippen molar-refractivity contribution in [3.63, 3.8) is 0 Å². The smallest absolute Gasteiger partial charge is 0.124 e. The van der Waals surface area contributed by atoms with Crippen LogP contribution in [0.15, 0.2) is 40.9 Å². The normalized spacial score (nSPS) is 11.6. The van der Waals surface area contributed by atoms with Crippen molar-refractivity contribution in [1.82, 2.24) is 0 Å². The SMILES string of the molecule is COc1cc(C)ccc1C(C)Nc1cc(Br)ccc1C#N. The van der Waals surface area contributed by atoms with Crippen molar-refractivity contribution in [1.29, 1.82) is 5.26 Å². The number of rotatable bonds is 4. The molecule has 3 nitrogen and oxygen atoms in total. The first kappa shape index (κ1) is 15.4. The summed E-state index contributed by atoms with van der Waals surface area (Å²) in [5.41, 5.74) is 3.65. The highest BCUT2D eigenvalue weighted by atomic mass is 79.9. The van der Waals surface area contributed by atoms with Crippen LogP contribution in [0, 0.1) is 18.3 Å². The average Bonchev–Trinajstić information content (AvgIpc) is 2.47. The Balaban J connectivity index is 2.32. The molecule has 0 bridgehead atoms. The van der Waals surface area contributed by atoms with E-state index >= 15 is 0 Å². The summed E-state index contributed by atoms with van der Waals surface area (Å²) >= 11 is 3.44. The van der Waals surface area contributed by atoms with Crippen LogP contribution in [0.5, 0.6) is 5.75 Å². The minimum absolute atomic E-state index is 0.0296. The van der Waals surface area contributed by atoms with Crippen LogP contribution in [-0.2, 0) is 0 Å². The summed E-state index contributed by atoms with van der Waals surface area (Å²) in [7, 11) is 1.67. The van der Waals surface area contributed by atoms with E-state index in [1.807, 2.05) is 25.1 Å². The summed E-state index contributed by atoms with van der Waals surface area (Å²) in [5, 5.41) is 12.6. The van der Waals surface area contributed by atoms with Gasteiger partial charge in [-0.25, -0.2) is 0 Å². The number of hydrogen-bond acceptors (Lipinski definition) is 3. The Morgan fingerprint density at radius 3 is 2.67 bits per heavy atom. The first-order valence-corrected chi connectivity index (χ1v) is 7.45. The van der Waals surface area contributed by atoms with Gasteiger partial charge in [0.25, 0.3) is 0 Å². The molecule has 2 aromatic rings. The van der Waals surface area contributed by atoms with Crippen LogP contribution in [0.3, 0.4) is 0 Å². The van der Waals surface area contributed by atoms with Crippen molar-refractivity contribution in [2.75, 3.05) is 12.4 Å². The molecule has 0 spiro atoms. The van der Waals surface area contributed by atoms with Gasteiger partial charge in [0.2, 0.25) is 0 Å². The molecule has 21 heavy (non-hydrogen) atoms. The Labute approximate surface area is 133 Å². The second-order valence-corrected chi connectivity index (χ2v) is 5.83. The zero-order valence-corrected chi connectivity index (χ0v) is 13.9. The van der Waals surface area contributed by atoms with Gasteiger partial charge in [-0.3, -0.25) is 0 Å². The van der Waals surface area contributed by atoms with Crippen LogP contribution in [-0.4, -0.2) is 7.11 Å². The van der Waals surface area contributed by atoms with Crippen molar-refractivity contribution in [2.24, 2.45) is 0 Å². The van der Waals surface area contributed by atoms with Crippen LogP contribution < -0.4 is 10.1 Å². The number of nitrogens with zero attached hydrogens (tertiary/aromatic N) is 1. The molecule has 0 aliphatic heterocycles. The molecule has 1 atom stereocenters. The van der Waals surface area contributed by atoms with Gasteiger partial charge in [0, 0.05) is 10.0 Å². The van der Waals surface area contributed by atoms with Crippen molar-refractivity contribution >= 4 is 21.6 Å². The van der Waals surface area contributed by atoms with E-state index in [1.165, 1.54) is 0 Å². The molecule has 0 saturated heterocycles. The summed E-state index contributed by atoms with van der Waals surface area (Å²) in [4.78, 5) is 0. The van der Waals surface area contributed by atoms with Crippen molar-refractivity contribution in [3.05, 3.63) is 57.6 Å². The predicted molar refractivity (Wildman–Crippen MR) is 88.6 cm³/mol. The van der Waals surface area contributed by atoms with E-state index in [2.05, 4.69) is 46.4 Å². The Morgan fingerprint density at radius 1 is 1.24 bits per heavy atom. The molecule has 1 unspecified atom stereocenters. The number of hydrogen-bond donors (Lipinski definition) is 1. The van der Waals surface area contributed by atoms with E-state index in [4.69, 9.17) is 4.74 Å². The molecule has 0 aliphatic carbocycles. The molecule has 4 heteroatoms. The van der Waals surface area contributed by atoms with Crippen LogP contribution in [0.2, 0.25) is 0 Å². The van der Waals surface area contributed by atoms with Gasteiger partial charge < -0.3 is 10.1 Å². The lowest BCUT2D eigenvalue weighted by Gasteiger charge is -2.19. The highest BCUT2D eigenvalue weighted by molar-refractivity contribution is 9.10. The summed E-state index contributed by atoms with van der Waals surface area (Å²) < 4.78 is 6.39. The molecule has 0 aromatic heterocycles. The van der Waals surface area contributed by atoms with E-state index in [1.54, 1.807) is 13.2 Å². The largest absolute Gasteiger partial charge is 0.496 e. The van der Waals surface area contributed by atoms with Crippen molar-refractivity contribution < 1.29 is 4.74 Å². The molecule has 0 radical (unpaired) electrons. The van der Waals surface area contributed by atoms with Gasteiger partial charge in [0.05, 0.1) is 24.4 Å². The first-order chi connectivity index (χ1) is 10.0. The van der Waals surface area contributed by atoms with Crippen molar-refractivity contribution in [2.45, 2.75) is 19.9 Å². The molecule has 0 aliphatic rings. The standard InChI is InChI=1S/C17H17BrN2O/c1-11-4-7-15(17(8-11)21-3)12(2)20-16-9-14(18)6-5-13(16)10-19/h4-9,12,20H,1-3H3. The third-order valence-corrected chi connectivity index (χ3v) is 3.82. The molecule has 0 heterocycles. The zero-order valence-electron chi connectivity index (χ0n) is 12.3. The van der Waals surface area contributed by atoms with E-state index in [9.17, 15) is 5.26 Å². The van der Waals surface area contributed by atoms with Gasteiger partial charge in [-0.2, -0.15) is 5.26 Å². The summed E-state index contributed by atoms with van der Waals surface area (Å²) in [5.74, 6) is 0.850. The van der Waals surface area contributed by atoms with Crippen molar-refractivity contribution in [3.8, 4) is 11.8 Å². The van der Waals surface area contributed by atoms with Gasteiger partial charge >= 0.3 is 0 Å². The van der Waals surface area contributed by atoms with Gasteiger partial charge in [-0.05, 0) is 43.7 Å². The summed E-state index contributed by atoms with van der Waals surface area (Å²) in [6.07, 6.45) is 0. The monoisotopic (exact) mass is 344 g/mol. The summed E-state index contributed by atoms with van der Waals surface area (Å²) in [6.45, 7) is 4.09. The van der Waals surface area contributed by atoms with Gasteiger partial charge in [0.15, 0.2) is 0 Å². The fourth-order valence-electron chi connectivity index (χ4n) is 2.22. The first-order valence-electron chi connectivity index (χ1n) is 6.66. The minimum Gasteiger partial charge on any atom is -0.496 e. The number of nitrogens with one attached hydrogen (secondary N) is 1. The highest BCUT2D eigenvalue weighted by Crippen LogP contribution is 2.30. The molecule has 0 amide bonds. The van der Waals surface area contributed by atoms with Crippen LogP contribution in [0.4, 0.5) is 5.69 Å². The van der Waals surface area contributed by atoms with E-state index in [-0.39, 0.29) is 6.04 Å². The minimum atomic E-state index is 0.0296. The second-order valence-electron chi connectivity index (χ2n) is 4.91. The highest BCUT2D eigenvalue weighted by Gasteiger charge is 2.13. The Kier molecular flexibility index (Phi) is 4.87. The topological polar surface area (TPSA) is 45.0 Å². The molecule has 0 saturated carbocycles. The number of anilines is 1. The number of ether oxygens (including phenoxy) is 1. The second kappa shape index (κ2) is 6.64. The fourth-order valence-corrected chi connectivity index (χ4v) is 2.58. The molecule has 2 rings (SSSR count). The van der Waals surface area contributed by atoms with Gasteiger partial charge in [0.1, 0.15) is 11.8 Å². The molecule has 2 aromatic carbocycles. The maximum atomic E-state index is 9.20. The molecule has 1 N–H and O–H groups in total. The number of methoxy groups -OCH3 is 1. The lowest BCUT2D eigenvalue weighted by molar-refractivity contribution is 0.407. The van der Waals surface area contributed by atoms with Crippen LogP contribution in [0.1, 0.15) is 29.7 Å². The zero-order chi connectivity index (χ0) is 15.4. The third kappa shape index (κ3) is 3.56. The number of aryl methyl sites for hydroxylation is 1. The molecular weight excluding hydrogens is 328 g/mol. The average molecular weight is 345 g/mol. The molecular formula is C17H17BrN2O. The maximum Gasteiger partial charge on any atom is 0.124 e. The number of halogens is 1. The third-order valence-electron chi connectivity index (χ3n) is 3.33. The summed E-state index contributed by atoms with van der Waals surface area (Å²) in [6, 6.07) is 13.9. The van der Waals surface area contributed by atoms with Crippen LogP contribution >= 0.6 is 15.9 Å². The maximum absolute atomic E-state index is 9.20. The lowest BCUT2D eigenvalue weighted by atomic mass is 10.0. The molecule has 108 valence electrons. The van der Waals surface area contributed by atoms with E-state index < -0.39 is 0 Å². The fraction of sp³-hybridized carbons (Fsp3) is 0.235. The van der Waals surface area contributed by atoms with Gasteiger partial charge in [-0.1, -0.05) is 28.1 Å². The van der Waals surface area contributed by atoms with Gasteiger partial charge in [-0.15, -0.1) is 0 Å². The number of nitriles is 1. The quantitative estimate of drug-likeness (QED) is 0.865. The Morgan fingerprint density at radius 2 is 2.00 bits per heavy atom. The van der Waals surface area contributed by atoms with E-state index in [0.29, 0.717) is 5.56 Å².